The highest BCUT2D eigenvalue weighted by molar-refractivity contribution is 7.58. The largest absolute Gasteiger partial charge is 0.331 e. The molecule has 0 amide bonds. The quantitative estimate of drug-likeness (QED) is 0.745. The van der Waals surface area contributed by atoms with E-state index in [9.17, 15) is 0 Å². The molecule has 0 bridgehead atoms. The van der Waals surface area contributed by atoms with Crippen LogP contribution in [0.5, 0.6) is 0 Å². The summed E-state index contributed by atoms with van der Waals surface area (Å²) in [6, 6.07) is 1.98. The van der Waals surface area contributed by atoms with Crippen molar-refractivity contribution in [2.75, 3.05) is 6.54 Å². The lowest BCUT2D eigenvalue weighted by Gasteiger charge is -2.49. The van der Waals surface area contributed by atoms with Crippen molar-refractivity contribution in [3.63, 3.8) is 0 Å². The Morgan fingerprint density at radius 3 is 2.25 bits per heavy atom. The maximum absolute atomic E-state index is 4.42. The molecule has 3 nitrogen and oxygen atoms in total. The third kappa shape index (κ3) is 3.15. The van der Waals surface area contributed by atoms with Crippen LogP contribution in [0.15, 0.2) is 36.7 Å². The van der Waals surface area contributed by atoms with E-state index in [0.29, 0.717) is 0 Å². The Labute approximate surface area is 124 Å². The summed E-state index contributed by atoms with van der Waals surface area (Å²) in [7, 11) is -0.352. The van der Waals surface area contributed by atoms with E-state index in [2.05, 4.69) is 69.5 Å². The molecule has 0 saturated heterocycles. The maximum Gasteiger partial charge on any atom is 0.133 e. The van der Waals surface area contributed by atoms with E-state index in [0.717, 1.165) is 6.54 Å². The van der Waals surface area contributed by atoms with Gasteiger partial charge >= 0.3 is 0 Å². The number of hydrogen-bond acceptors (Lipinski definition) is 2. The fourth-order valence-corrected chi connectivity index (χ4v) is 7.09. The molecule has 0 spiro atoms. The molecule has 1 aliphatic heterocycles. The number of aromatic nitrogens is 2. The third-order valence-corrected chi connectivity index (χ3v) is 6.57. The Morgan fingerprint density at radius 2 is 1.75 bits per heavy atom. The van der Waals surface area contributed by atoms with Crippen LogP contribution < -0.4 is 0 Å². The monoisotopic (exact) mass is 291 g/mol. The zero-order valence-electron chi connectivity index (χ0n) is 13.5. The number of nitrogens with zero attached hydrogens (tertiary/aromatic N) is 3. The van der Waals surface area contributed by atoms with Crippen LogP contribution in [0.4, 0.5) is 0 Å². The first kappa shape index (κ1) is 15.3. The van der Waals surface area contributed by atoms with E-state index in [1.54, 1.807) is 0 Å². The van der Waals surface area contributed by atoms with Gasteiger partial charge in [0.15, 0.2) is 0 Å². The van der Waals surface area contributed by atoms with Crippen molar-refractivity contribution in [1.29, 1.82) is 0 Å². The molecule has 0 aliphatic carbocycles. The molecule has 2 heterocycles. The Balaban J connectivity index is 2.43. The summed E-state index contributed by atoms with van der Waals surface area (Å²) in [5, 5.41) is 4.93. The zero-order chi connectivity index (χ0) is 15.0. The van der Waals surface area contributed by atoms with Gasteiger partial charge in [-0.25, -0.2) is 4.68 Å². The molecule has 0 N–H and O–H groups in total. The molecule has 1 aromatic rings. The van der Waals surface area contributed by atoms with Gasteiger partial charge < -0.3 is 4.67 Å². The highest BCUT2D eigenvalue weighted by Crippen LogP contribution is 2.63. The highest BCUT2D eigenvalue weighted by Gasteiger charge is 2.40. The topological polar surface area (TPSA) is 21.1 Å². The van der Waals surface area contributed by atoms with Crippen molar-refractivity contribution < 1.29 is 0 Å². The summed E-state index contributed by atoms with van der Waals surface area (Å²) in [4.78, 5) is 0. The van der Waals surface area contributed by atoms with E-state index in [1.807, 2.05) is 23.1 Å². The van der Waals surface area contributed by atoms with E-state index in [-0.39, 0.29) is 18.4 Å². The van der Waals surface area contributed by atoms with Crippen molar-refractivity contribution in [3.8, 4) is 0 Å². The molecule has 110 valence electrons. The van der Waals surface area contributed by atoms with Gasteiger partial charge in [0.2, 0.25) is 0 Å². The Hall–Kier alpha value is -1.08. The van der Waals surface area contributed by atoms with Gasteiger partial charge in [0.25, 0.3) is 0 Å². The molecule has 0 radical (unpaired) electrons. The first-order valence-electron chi connectivity index (χ1n) is 7.16. The molecular formula is C16H26N3P. The molecule has 1 aromatic heterocycles. The minimum atomic E-state index is -0.352. The fraction of sp³-hybridized carbons (Fsp3) is 0.562. The lowest BCUT2D eigenvalue weighted by atomic mass is 10.2. The highest BCUT2D eigenvalue weighted by atomic mass is 31.1. The second-order valence-corrected chi connectivity index (χ2v) is 10.9. The third-order valence-electron chi connectivity index (χ3n) is 3.18. The van der Waals surface area contributed by atoms with Crippen molar-refractivity contribution in [3.05, 3.63) is 36.7 Å². The predicted molar refractivity (Wildman–Crippen MR) is 88.8 cm³/mol. The number of allylic oxidation sites excluding steroid dienone is 2. The molecule has 0 fully saturated rings. The van der Waals surface area contributed by atoms with Gasteiger partial charge in [-0.1, -0.05) is 53.7 Å². The average Bonchev–Trinajstić information content (AvgIpc) is 2.79. The molecular weight excluding hydrogens is 265 g/mol. The van der Waals surface area contributed by atoms with Gasteiger partial charge in [-0.05, 0) is 12.1 Å². The average molecular weight is 291 g/mol. The Kier molecular flexibility index (Phi) is 4.11. The Morgan fingerprint density at radius 1 is 1.10 bits per heavy atom. The second-order valence-electron chi connectivity index (χ2n) is 7.14. The van der Waals surface area contributed by atoms with Gasteiger partial charge in [-0.15, -0.1) is 0 Å². The summed E-state index contributed by atoms with van der Waals surface area (Å²) in [6.07, 6.45) is 10.4. The number of rotatable bonds is 2. The van der Waals surface area contributed by atoms with Crippen LogP contribution >= 0.6 is 8.07 Å². The van der Waals surface area contributed by atoms with Crippen molar-refractivity contribution in [2.45, 2.75) is 51.9 Å². The fourth-order valence-electron chi connectivity index (χ4n) is 3.01. The second kappa shape index (κ2) is 5.37. The van der Waals surface area contributed by atoms with Gasteiger partial charge in [-0.2, -0.15) is 5.10 Å². The van der Waals surface area contributed by atoms with E-state index < -0.39 is 0 Å². The molecule has 4 heteroatoms. The van der Waals surface area contributed by atoms with Crippen molar-refractivity contribution >= 4 is 13.9 Å². The minimum Gasteiger partial charge on any atom is -0.331 e. The van der Waals surface area contributed by atoms with E-state index in [4.69, 9.17) is 0 Å². The first-order valence-corrected chi connectivity index (χ1v) is 8.45. The Bertz CT molecular complexity index is 487. The molecule has 2 rings (SSSR count). The van der Waals surface area contributed by atoms with Crippen LogP contribution in [0.3, 0.4) is 0 Å². The maximum atomic E-state index is 4.42. The molecule has 0 atom stereocenters. The van der Waals surface area contributed by atoms with Gasteiger partial charge in [0.1, 0.15) is 5.82 Å². The van der Waals surface area contributed by atoms with Gasteiger partial charge in [-0.3, -0.25) is 0 Å². The first-order chi connectivity index (χ1) is 9.21. The summed E-state index contributed by atoms with van der Waals surface area (Å²) in [5.74, 6) is 1.19. The van der Waals surface area contributed by atoms with Crippen LogP contribution in [-0.2, 0) is 0 Å². The standard InChI is InChI=1S/C16H26N3P/c1-15(2,3)20(16(4,5)6)19-13-8-7-10-14(19)18-12-9-11-17-18/h7-12H,13H2,1-6H3. The van der Waals surface area contributed by atoms with E-state index in [1.165, 1.54) is 5.82 Å². The molecule has 0 aromatic carbocycles. The summed E-state index contributed by atoms with van der Waals surface area (Å²) >= 11 is 0. The van der Waals surface area contributed by atoms with E-state index >= 15 is 0 Å². The lowest BCUT2D eigenvalue weighted by molar-refractivity contribution is 0.562. The van der Waals surface area contributed by atoms with Crippen LogP contribution in [0, 0.1) is 0 Å². The van der Waals surface area contributed by atoms with Gasteiger partial charge in [0, 0.05) is 37.3 Å². The summed E-state index contributed by atoms with van der Waals surface area (Å²) in [5.41, 5.74) is 0. The van der Waals surface area contributed by atoms with Crippen molar-refractivity contribution in [2.24, 2.45) is 0 Å². The normalized spacial score (nSPS) is 16.8. The van der Waals surface area contributed by atoms with Crippen molar-refractivity contribution in [1.82, 2.24) is 14.5 Å². The molecule has 20 heavy (non-hydrogen) atoms. The predicted octanol–water partition coefficient (Wildman–Crippen LogP) is 4.55. The zero-order valence-corrected chi connectivity index (χ0v) is 14.4. The van der Waals surface area contributed by atoms with Crippen LogP contribution in [-0.4, -0.2) is 31.3 Å². The SMILES string of the molecule is CC(C)(C)P(N1CC=CC=C1n1cccn1)C(C)(C)C. The lowest BCUT2D eigenvalue weighted by Crippen LogP contribution is -2.37. The molecule has 1 aliphatic rings. The van der Waals surface area contributed by atoms with Crippen LogP contribution in [0.2, 0.25) is 0 Å². The van der Waals surface area contributed by atoms with Gasteiger partial charge in [0.05, 0.1) is 0 Å². The summed E-state index contributed by atoms with van der Waals surface area (Å²) in [6.45, 7) is 15.1. The smallest absolute Gasteiger partial charge is 0.133 e. The minimum absolute atomic E-state index is 0.255. The summed E-state index contributed by atoms with van der Waals surface area (Å²) < 4.78 is 4.53. The van der Waals surface area contributed by atoms with Crippen LogP contribution in [0.25, 0.3) is 5.82 Å². The molecule has 0 unspecified atom stereocenters. The number of hydrogen-bond donors (Lipinski definition) is 0. The van der Waals surface area contributed by atoms with Crippen LogP contribution in [0.1, 0.15) is 41.5 Å². The molecule has 0 saturated carbocycles.